The first kappa shape index (κ1) is 21.8. The minimum absolute atomic E-state index is 0.176. The molecule has 3 N–H and O–H groups in total. The Hall–Kier alpha value is -2.24. The maximum absolute atomic E-state index is 11.9. The van der Waals surface area contributed by atoms with Gasteiger partial charge >= 0.3 is 12.2 Å². The predicted molar refractivity (Wildman–Crippen MR) is 103 cm³/mol. The zero-order chi connectivity index (χ0) is 19.6. The van der Waals surface area contributed by atoms with Crippen LogP contribution in [0.25, 0.3) is 0 Å². The Balaban J connectivity index is 2.15. The van der Waals surface area contributed by atoms with Crippen molar-refractivity contribution in [1.82, 2.24) is 4.90 Å². The molecule has 146 valence electrons. The minimum atomic E-state index is -1.26. The van der Waals surface area contributed by atoms with Crippen LogP contribution in [-0.4, -0.2) is 34.3 Å². The lowest BCUT2D eigenvalue weighted by atomic mass is 10.0. The Kier molecular flexibility index (Phi) is 8.96. The molecule has 0 aliphatic rings. The summed E-state index contributed by atoms with van der Waals surface area (Å²) in [5.41, 5.74) is 7.06. The summed E-state index contributed by atoms with van der Waals surface area (Å²) in [4.78, 5) is 23.8. The van der Waals surface area contributed by atoms with Gasteiger partial charge in [-0.05, 0) is 57.7 Å². The number of carbonyl (C=O) groups excluding carboxylic acids is 1. The first-order chi connectivity index (χ1) is 12.2. The number of aryl methyl sites for hydroxylation is 1. The van der Waals surface area contributed by atoms with E-state index in [0.29, 0.717) is 6.42 Å². The van der Waals surface area contributed by atoms with Crippen molar-refractivity contribution in [3.8, 4) is 0 Å². The Morgan fingerprint density at radius 1 is 1.00 bits per heavy atom. The van der Waals surface area contributed by atoms with Crippen molar-refractivity contribution in [2.24, 2.45) is 0 Å². The lowest BCUT2D eigenvalue weighted by Crippen LogP contribution is -2.40. The molecular formula is C20H32N2O4. The summed E-state index contributed by atoms with van der Waals surface area (Å²) in [7, 11) is 0. The number of carboxylic acid groups (broad SMARTS) is 1. The molecule has 6 nitrogen and oxygen atoms in total. The molecule has 0 radical (unpaired) electrons. The summed E-state index contributed by atoms with van der Waals surface area (Å²) < 4.78 is 5.12. The maximum Gasteiger partial charge on any atom is 0.419 e. The number of imide groups is 1. The van der Waals surface area contributed by atoms with Gasteiger partial charge in [-0.2, -0.15) is 0 Å². The van der Waals surface area contributed by atoms with Gasteiger partial charge < -0.3 is 15.6 Å². The van der Waals surface area contributed by atoms with Crippen LogP contribution in [0.1, 0.15) is 64.9 Å². The van der Waals surface area contributed by atoms with Gasteiger partial charge in [-0.25, -0.2) is 14.5 Å². The second kappa shape index (κ2) is 10.7. The van der Waals surface area contributed by atoms with E-state index < -0.39 is 17.8 Å². The largest absolute Gasteiger partial charge is 0.465 e. The second-order valence-electron chi connectivity index (χ2n) is 7.53. The molecule has 6 heteroatoms. The topological polar surface area (TPSA) is 92.9 Å². The number of carbonyl (C=O) groups is 2. The average Bonchev–Trinajstić information content (AvgIpc) is 2.53. The number of nitrogens with two attached hydrogens (primary N) is 1. The molecule has 0 fully saturated rings. The molecule has 0 aromatic heterocycles. The summed E-state index contributed by atoms with van der Waals surface area (Å²) in [6.07, 6.45) is 4.94. The first-order valence-electron chi connectivity index (χ1n) is 9.27. The van der Waals surface area contributed by atoms with E-state index in [0.717, 1.165) is 49.1 Å². The number of benzene rings is 1. The molecule has 0 atom stereocenters. The van der Waals surface area contributed by atoms with Gasteiger partial charge in [-0.15, -0.1) is 0 Å². The van der Waals surface area contributed by atoms with Crippen LogP contribution in [0.2, 0.25) is 0 Å². The zero-order valence-electron chi connectivity index (χ0n) is 16.2. The van der Waals surface area contributed by atoms with E-state index in [4.69, 9.17) is 15.6 Å². The molecule has 0 saturated heterocycles. The molecule has 1 aromatic carbocycles. The number of unbranched alkanes of at least 4 members (excludes halogenated alkanes) is 5. The normalized spacial score (nSPS) is 11.2. The van der Waals surface area contributed by atoms with E-state index in [2.05, 4.69) is 12.1 Å². The van der Waals surface area contributed by atoms with E-state index in [9.17, 15) is 9.59 Å². The first-order valence-corrected chi connectivity index (χ1v) is 9.27. The third-order valence-electron chi connectivity index (χ3n) is 3.92. The average molecular weight is 364 g/mol. The van der Waals surface area contributed by atoms with Crippen LogP contribution >= 0.6 is 0 Å². The Morgan fingerprint density at radius 2 is 1.54 bits per heavy atom. The molecule has 1 aromatic rings. The minimum Gasteiger partial charge on any atom is -0.465 e. The maximum atomic E-state index is 11.9. The van der Waals surface area contributed by atoms with E-state index >= 15 is 0 Å². The summed E-state index contributed by atoms with van der Waals surface area (Å²) in [5, 5.41) is 9.16. The molecule has 0 spiro atoms. The van der Waals surface area contributed by atoms with E-state index in [1.165, 1.54) is 5.56 Å². The van der Waals surface area contributed by atoms with Crippen molar-refractivity contribution in [3.63, 3.8) is 0 Å². The summed E-state index contributed by atoms with van der Waals surface area (Å²) in [6, 6.07) is 7.97. The number of nitrogen functional groups attached to an aromatic ring is 1. The van der Waals surface area contributed by atoms with Crippen LogP contribution in [0.5, 0.6) is 0 Å². The van der Waals surface area contributed by atoms with E-state index in [-0.39, 0.29) is 6.54 Å². The van der Waals surface area contributed by atoms with Gasteiger partial charge in [-0.3, -0.25) is 0 Å². The van der Waals surface area contributed by atoms with Crippen molar-refractivity contribution < 1.29 is 19.4 Å². The van der Waals surface area contributed by atoms with Crippen LogP contribution in [0, 0.1) is 0 Å². The molecule has 0 aliphatic heterocycles. The fourth-order valence-corrected chi connectivity index (χ4v) is 2.57. The fraction of sp³-hybridized carbons (Fsp3) is 0.600. The summed E-state index contributed by atoms with van der Waals surface area (Å²) >= 11 is 0. The van der Waals surface area contributed by atoms with E-state index in [1.54, 1.807) is 20.8 Å². The number of hydrogen-bond acceptors (Lipinski definition) is 4. The lowest BCUT2D eigenvalue weighted by molar-refractivity contribution is 0.0267. The van der Waals surface area contributed by atoms with Gasteiger partial charge in [0.15, 0.2) is 0 Å². The Bertz CT molecular complexity index is 564. The van der Waals surface area contributed by atoms with Crippen molar-refractivity contribution in [1.29, 1.82) is 0 Å². The molecule has 26 heavy (non-hydrogen) atoms. The van der Waals surface area contributed by atoms with Crippen LogP contribution in [-0.2, 0) is 11.2 Å². The number of nitrogens with zero attached hydrogens (tertiary/aromatic N) is 1. The molecular weight excluding hydrogens is 332 g/mol. The molecule has 0 bridgehead atoms. The molecule has 0 aliphatic carbocycles. The molecule has 0 saturated carbocycles. The molecule has 2 amide bonds. The summed E-state index contributed by atoms with van der Waals surface area (Å²) in [5.74, 6) is 0. The Morgan fingerprint density at radius 3 is 2.08 bits per heavy atom. The highest BCUT2D eigenvalue weighted by Crippen LogP contribution is 2.13. The smallest absolute Gasteiger partial charge is 0.419 e. The highest BCUT2D eigenvalue weighted by molar-refractivity contribution is 5.86. The molecule has 0 heterocycles. The number of amides is 2. The van der Waals surface area contributed by atoms with Crippen LogP contribution in [0.3, 0.4) is 0 Å². The fourth-order valence-electron chi connectivity index (χ4n) is 2.57. The van der Waals surface area contributed by atoms with Crippen molar-refractivity contribution >= 4 is 17.9 Å². The van der Waals surface area contributed by atoms with Gasteiger partial charge in [0.05, 0.1) is 0 Å². The number of ether oxygens (including phenoxy) is 1. The van der Waals surface area contributed by atoms with Crippen molar-refractivity contribution in [2.45, 2.75) is 71.3 Å². The highest BCUT2D eigenvalue weighted by Gasteiger charge is 2.26. The third-order valence-corrected chi connectivity index (χ3v) is 3.92. The van der Waals surface area contributed by atoms with Crippen LogP contribution in [0.15, 0.2) is 24.3 Å². The van der Waals surface area contributed by atoms with Crippen LogP contribution in [0.4, 0.5) is 15.3 Å². The monoisotopic (exact) mass is 364 g/mol. The van der Waals surface area contributed by atoms with E-state index in [1.807, 2.05) is 12.1 Å². The lowest BCUT2D eigenvalue weighted by Gasteiger charge is -2.24. The quantitative estimate of drug-likeness (QED) is 0.471. The zero-order valence-corrected chi connectivity index (χ0v) is 16.2. The number of hydrogen-bond donors (Lipinski definition) is 2. The standard InChI is InChI=1S/C20H32N2O4/c1-20(2,3)26-19(25)22(18(23)24)15-9-7-5-4-6-8-10-16-11-13-17(21)14-12-16/h11-14H,4-10,15,21H2,1-3H3,(H,23,24). The SMILES string of the molecule is CC(C)(C)OC(=O)N(CCCCCCCCc1ccc(N)cc1)C(=O)O. The van der Waals surface area contributed by atoms with Gasteiger partial charge in [0.1, 0.15) is 5.60 Å². The van der Waals surface area contributed by atoms with Crippen molar-refractivity contribution in [2.75, 3.05) is 12.3 Å². The van der Waals surface area contributed by atoms with Crippen molar-refractivity contribution in [3.05, 3.63) is 29.8 Å². The van der Waals surface area contributed by atoms with Gasteiger partial charge in [0.2, 0.25) is 0 Å². The number of anilines is 1. The van der Waals surface area contributed by atoms with Gasteiger partial charge in [-0.1, -0.05) is 37.8 Å². The van der Waals surface area contributed by atoms with Crippen LogP contribution < -0.4 is 5.73 Å². The number of rotatable bonds is 9. The predicted octanol–water partition coefficient (Wildman–Crippen LogP) is 5.07. The summed E-state index contributed by atoms with van der Waals surface area (Å²) in [6.45, 7) is 5.33. The molecule has 0 unspecified atom stereocenters. The van der Waals surface area contributed by atoms with Gasteiger partial charge in [0.25, 0.3) is 0 Å². The second-order valence-corrected chi connectivity index (χ2v) is 7.53. The Labute approximate surface area is 156 Å². The van der Waals surface area contributed by atoms with Gasteiger partial charge in [0, 0.05) is 12.2 Å². The third kappa shape index (κ3) is 9.30. The highest BCUT2D eigenvalue weighted by atomic mass is 16.6. The molecule has 1 rings (SSSR count).